The Morgan fingerprint density at radius 3 is 2.61 bits per heavy atom. The molecule has 150 valence electrons. The minimum absolute atomic E-state index is 0.0701. The van der Waals surface area contributed by atoms with Gasteiger partial charge in [-0.05, 0) is 12.5 Å². The molecule has 0 radical (unpaired) electrons. The van der Waals surface area contributed by atoms with E-state index < -0.39 is 0 Å². The number of aryl methyl sites for hydroxylation is 2. The molecule has 0 saturated carbocycles. The van der Waals surface area contributed by atoms with Crippen molar-refractivity contribution in [3.05, 3.63) is 47.7 Å². The summed E-state index contributed by atoms with van der Waals surface area (Å²) in [6, 6.07) is 11.7. The van der Waals surface area contributed by atoms with Crippen LogP contribution in [0, 0.1) is 6.92 Å². The molecule has 0 bridgehead atoms. The second-order valence-corrected chi connectivity index (χ2v) is 7.16. The molecule has 2 amide bonds. The molecular weight excluding hydrogens is 356 g/mol. The Hall–Kier alpha value is -2.71. The van der Waals surface area contributed by atoms with E-state index in [0.29, 0.717) is 18.9 Å². The fourth-order valence-electron chi connectivity index (χ4n) is 3.46. The summed E-state index contributed by atoms with van der Waals surface area (Å²) in [6.07, 6.45) is 0. The molecule has 1 aromatic carbocycles. The highest BCUT2D eigenvalue weighted by Crippen LogP contribution is 2.14. The molecule has 2 aromatic rings. The van der Waals surface area contributed by atoms with E-state index in [-0.39, 0.29) is 24.4 Å². The van der Waals surface area contributed by atoms with Crippen molar-refractivity contribution in [1.82, 2.24) is 24.9 Å². The Morgan fingerprint density at radius 2 is 1.96 bits per heavy atom. The van der Waals surface area contributed by atoms with Crippen LogP contribution in [0.5, 0.6) is 0 Å². The number of rotatable bonds is 6. The molecule has 8 nitrogen and oxygen atoms in total. The third kappa shape index (κ3) is 4.96. The third-order valence-electron chi connectivity index (χ3n) is 5.10. The number of nitrogens with one attached hydrogen (secondary N) is 2. The highest BCUT2D eigenvalue weighted by molar-refractivity contribution is 5.92. The van der Waals surface area contributed by atoms with Gasteiger partial charge in [0.1, 0.15) is 6.04 Å². The first-order chi connectivity index (χ1) is 13.5. The van der Waals surface area contributed by atoms with E-state index in [4.69, 9.17) is 0 Å². The highest BCUT2D eigenvalue weighted by Gasteiger charge is 2.33. The smallest absolute Gasteiger partial charge is 0.239 e. The molecule has 28 heavy (non-hydrogen) atoms. The predicted octanol–water partition coefficient (Wildman–Crippen LogP) is 0.599. The largest absolute Gasteiger partial charge is 0.358 e. The van der Waals surface area contributed by atoms with Crippen molar-refractivity contribution >= 4 is 17.6 Å². The van der Waals surface area contributed by atoms with E-state index in [0.717, 1.165) is 18.8 Å². The molecule has 1 aromatic heterocycles. The molecule has 1 atom stereocenters. The normalized spacial score (nSPS) is 18.0. The number of carbonyl (C=O) groups is 2. The van der Waals surface area contributed by atoms with Crippen molar-refractivity contribution in [2.45, 2.75) is 19.5 Å². The number of hydrogen-bond acceptors (Lipinski definition) is 5. The topological polar surface area (TPSA) is 82.5 Å². The molecule has 0 spiro atoms. The van der Waals surface area contributed by atoms with E-state index in [2.05, 4.69) is 32.8 Å². The molecule has 1 saturated heterocycles. The number of nitrogens with zero attached hydrogens (tertiary/aromatic N) is 4. The van der Waals surface area contributed by atoms with Crippen LogP contribution in [0.3, 0.4) is 0 Å². The number of benzene rings is 1. The fraction of sp³-hybridized carbons (Fsp3) is 0.450. The van der Waals surface area contributed by atoms with Crippen LogP contribution in [-0.2, 0) is 23.2 Å². The highest BCUT2D eigenvalue weighted by atomic mass is 16.2. The molecule has 2 heterocycles. The zero-order chi connectivity index (χ0) is 20.1. The van der Waals surface area contributed by atoms with Crippen LogP contribution < -0.4 is 10.6 Å². The number of amides is 2. The van der Waals surface area contributed by atoms with Crippen LogP contribution in [-0.4, -0.2) is 70.7 Å². The molecule has 1 aliphatic rings. The Labute approximate surface area is 165 Å². The number of likely N-dealkylation sites (N-methyl/N-ethyl adjacent to an activating group) is 1. The first-order valence-electron chi connectivity index (χ1n) is 9.48. The summed E-state index contributed by atoms with van der Waals surface area (Å²) >= 11 is 0. The Kier molecular flexibility index (Phi) is 6.43. The maximum atomic E-state index is 12.5. The van der Waals surface area contributed by atoms with Crippen LogP contribution >= 0.6 is 0 Å². The molecule has 0 unspecified atom stereocenters. The van der Waals surface area contributed by atoms with Gasteiger partial charge in [0.15, 0.2) is 5.82 Å². The van der Waals surface area contributed by atoms with Gasteiger partial charge < -0.3 is 10.6 Å². The van der Waals surface area contributed by atoms with Gasteiger partial charge in [-0.15, -0.1) is 0 Å². The number of carbonyl (C=O) groups excluding carboxylic acids is 2. The van der Waals surface area contributed by atoms with Gasteiger partial charge in [-0.3, -0.25) is 24.1 Å². The number of hydrogen-bond donors (Lipinski definition) is 2. The van der Waals surface area contributed by atoms with E-state index in [1.54, 1.807) is 11.7 Å². The molecule has 1 aliphatic heterocycles. The van der Waals surface area contributed by atoms with Crippen LogP contribution in [0.1, 0.15) is 11.3 Å². The van der Waals surface area contributed by atoms with Crippen molar-refractivity contribution in [2.75, 3.05) is 38.5 Å². The average molecular weight is 384 g/mol. The lowest BCUT2D eigenvalue weighted by molar-refractivity contribution is -0.130. The molecule has 1 fully saturated rings. The zero-order valence-corrected chi connectivity index (χ0v) is 16.7. The van der Waals surface area contributed by atoms with Crippen LogP contribution in [0.2, 0.25) is 0 Å². The van der Waals surface area contributed by atoms with E-state index in [9.17, 15) is 9.59 Å². The zero-order valence-electron chi connectivity index (χ0n) is 16.7. The first kappa shape index (κ1) is 20.0. The average Bonchev–Trinajstić information content (AvgIpc) is 3.00. The second kappa shape index (κ2) is 8.99. The summed E-state index contributed by atoms with van der Waals surface area (Å²) in [7, 11) is 3.46. The fourth-order valence-corrected chi connectivity index (χ4v) is 3.46. The summed E-state index contributed by atoms with van der Waals surface area (Å²) in [5.41, 5.74) is 2.18. The first-order valence-corrected chi connectivity index (χ1v) is 9.48. The maximum Gasteiger partial charge on any atom is 0.239 e. The van der Waals surface area contributed by atoms with Gasteiger partial charge in [0.25, 0.3) is 0 Å². The van der Waals surface area contributed by atoms with Crippen LogP contribution in [0.4, 0.5) is 5.82 Å². The van der Waals surface area contributed by atoms with Gasteiger partial charge in [-0.2, -0.15) is 5.10 Å². The van der Waals surface area contributed by atoms with Gasteiger partial charge in [0, 0.05) is 52.0 Å². The van der Waals surface area contributed by atoms with Crippen LogP contribution in [0.15, 0.2) is 36.4 Å². The molecular formula is C20H28N6O2. The van der Waals surface area contributed by atoms with Crippen molar-refractivity contribution in [3.8, 4) is 0 Å². The minimum Gasteiger partial charge on any atom is -0.358 e. The van der Waals surface area contributed by atoms with Crippen LogP contribution in [0.25, 0.3) is 0 Å². The summed E-state index contributed by atoms with van der Waals surface area (Å²) in [6.45, 7) is 4.92. The Morgan fingerprint density at radius 1 is 1.21 bits per heavy atom. The van der Waals surface area contributed by atoms with Gasteiger partial charge in [0.05, 0.1) is 6.54 Å². The third-order valence-corrected chi connectivity index (χ3v) is 5.10. The van der Waals surface area contributed by atoms with Gasteiger partial charge in [0.2, 0.25) is 11.8 Å². The molecule has 0 aliphatic carbocycles. The number of anilines is 1. The summed E-state index contributed by atoms with van der Waals surface area (Å²) in [4.78, 5) is 29.1. The van der Waals surface area contributed by atoms with Crippen molar-refractivity contribution in [2.24, 2.45) is 7.05 Å². The lowest BCUT2D eigenvalue weighted by Crippen LogP contribution is -2.59. The SMILES string of the molecule is CNC(=O)[C@H]1CN(Cc2ccccc2)CCN1CC(=O)Nc1cc(C)n(C)n1. The lowest BCUT2D eigenvalue weighted by atomic mass is 10.1. The van der Waals surface area contributed by atoms with Gasteiger partial charge >= 0.3 is 0 Å². The van der Waals surface area contributed by atoms with Crippen molar-refractivity contribution < 1.29 is 9.59 Å². The van der Waals surface area contributed by atoms with E-state index in [1.807, 2.05) is 43.1 Å². The summed E-state index contributed by atoms with van der Waals surface area (Å²) in [5, 5.41) is 9.80. The maximum absolute atomic E-state index is 12.5. The molecule has 8 heteroatoms. The van der Waals surface area contributed by atoms with E-state index in [1.165, 1.54) is 5.56 Å². The number of aromatic nitrogens is 2. The Bertz CT molecular complexity index is 800. The van der Waals surface area contributed by atoms with Crippen molar-refractivity contribution in [3.63, 3.8) is 0 Å². The van der Waals surface area contributed by atoms with Gasteiger partial charge in [-0.25, -0.2) is 0 Å². The summed E-state index contributed by atoms with van der Waals surface area (Å²) < 4.78 is 1.71. The quantitative estimate of drug-likeness (QED) is 0.762. The Balaban J connectivity index is 1.61. The van der Waals surface area contributed by atoms with Gasteiger partial charge in [-0.1, -0.05) is 30.3 Å². The number of piperazine rings is 1. The summed E-state index contributed by atoms with van der Waals surface area (Å²) in [5.74, 6) is 0.298. The predicted molar refractivity (Wildman–Crippen MR) is 108 cm³/mol. The lowest BCUT2D eigenvalue weighted by Gasteiger charge is -2.40. The standard InChI is InChI=1S/C20H28N6O2/c1-15-11-18(23-24(15)3)22-19(27)14-26-10-9-25(13-17(26)20(28)21-2)12-16-7-5-4-6-8-16/h4-8,11,17H,9-10,12-14H2,1-3H3,(H,21,28)(H,22,23,27)/t17-/m1/s1. The van der Waals surface area contributed by atoms with Crippen molar-refractivity contribution in [1.29, 1.82) is 0 Å². The molecule has 3 rings (SSSR count). The minimum atomic E-state index is -0.362. The monoisotopic (exact) mass is 384 g/mol. The second-order valence-electron chi connectivity index (χ2n) is 7.16. The molecule has 2 N–H and O–H groups in total. The van der Waals surface area contributed by atoms with E-state index >= 15 is 0 Å².